The summed E-state index contributed by atoms with van der Waals surface area (Å²) in [7, 11) is 0. The molecule has 9 heteroatoms. The van der Waals surface area contributed by atoms with Gasteiger partial charge in [-0.2, -0.15) is 5.10 Å². The molecule has 3 aliphatic rings. The monoisotopic (exact) mass is 488 g/mol. The van der Waals surface area contributed by atoms with Crippen LogP contribution in [0.1, 0.15) is 31.4 Å². The Morgan fingerprint density at radius 2 is 1.89 bits per heavy atom. The molecule has 0 radical (unpaired) electrons. The molecule has 2 aliphatic heterocycles. The summed E-state index contributed by atoms with van der Waals surface area (Å²) in [4.78, 5) is 19.3. The van der Waals surface area contributed by atoms with Gasteiger partial charge in [-0.25, -0.2) is 10.0 Å². The Bertz CT molecular complexity index is 1400. The number of rotatable bonds is 4. The SMILES string of the molecule is NC1=NC=NN2C1=C(c1cc3cccc(-c4ccc(Cl)cc4)c3[nH]1)NC2C1CCC(C(=O)O)CC1. The van der Waals surface area contributed by atoms with Gasteiger partial charge >= 0.3 is 5.97 Å². The Morgan fingerprint density at radius 1 is 1.11 bits per heavy atom. The Morgan fingerprint density at radius 3 is 2.63 bits per heavy atom. The number of carboxylic acid groups (broad SMARTS) is 1. The van der Waals surface area contributed by atoms with Crippen LogP contribution in [-0.4, -0.2) is 39.4 Å². The molecular formula is C26H25ClN6O2. The number of carbonyl (C=O) groups is 1. The first-order chi connectivity index (χ1) is 17.0. The molecule has 0 bridgehead atoms. The Balaban J connectivity index is 1.37. The smallest absolute Gasteiger partial charge is 0.306 e. The second-order valence-corrected chi connectivity index (χ2v) is 9.75. The van der Waals surface area contributed by atoms with Gasteiger partial charge in [0.15, 0.2) is 5.84 Å². The van der Waals surface area contributed by atoms with Gasteiger partial charge in [0, 0.05) is 16.0 Å². The first-order valence-corrected chi connectivity index (χ1v) is 12.1. The van der Waals surface area contributed by atoms with E-state index in [0.717, 1.165) is 52.0 Å². The number of H-pyrrole nitrogens is 1. The van der Waals surface area contributed by atoms with Gasteiger partial charge in [-0.1, -0.05) is 41.9 Å². The first-order valence-electron chi connectivity index (χ1n) is 11.8. The normalized spacial score (nSPS) is 23.9. The van der Waals surface area contributed by atoms with E-state index < -0.39 is 5.97 Å². The van der Waals surface area contributed by atoms with Crippen molar-refractivity contribution in [2.45, 2.75) is 31.8 Å². The van der Waals surface area contributed by atoms with E-state index >= 15 is 0 Å². The molecule has 3 aromatic rings. The fourth-order valence-corrected chi connectivity index (χ4v) is 5.60. The van der Waals surface area contributed by atoms with E-state index in [0.29, 0.717) is 23.7 Å². The third-order valence-corrected chi connectivity index (χ3v) is 7.54. The van der Waals surface area contributed by atoms with E-state index in [1.54, 1.807) is 0 Å². The van der Waals surface area contributed by atoms with E-state index in [-0.39, 0.29) is 18.0 Å². The number of hydrogen-bond acceptors (Lipinski definition) is 6. The minimum absolute atomic E-state index is 0.109. The largest absolute Gasteiger partial charge is 0.481 e. The van der Waals surface area contributed by atoms with E-state index in [9.17, 15) is 9.90 Å². The van der Waals surface area contributed by atoms with Gasteiger partial charge in [-0.3, -0.25) is 4.79 Å². The number of aliphatic carboxylic acids is 1. The molecule has 1 atom stereocenters. The van der Waals surface area contributed by atoms with E-state index in [2.05, 4.69) is 38.6 Å². The van der Waals surface area contributed by atoms with Crippen molar-refractivity contribution in [3.05, 3.63) is 64.9 Å². The van der Waals surface area contributed by atoms with Crippen LogP contribution >= 0.6 is 11.6 Å². The predicted octanol–water partition coefficient (Wildman–Crippen LogP) is 4.59. The number of para-hydroxylation sites is 1. The van der Waals surface area contributed by atoms with Crippen LogP contribution in [0.15, 0.2) is 64.3 Å². The van der Waals surface area contributed by atoms with Crippen LogP contribution in [0.2, 0.25) is 5.02 Å². The quantitative estimate of drug-likeness (QED) is 0.428. The summed E-state index contributed by atoms with van der Waals surface area (Å²) in [5, 5.41) is 21.3. The zero-order valence-electron chi connectivity index (χ0n) is 18.9. The summed E-state index contributed by atoms with van der Waals surface area (Å²) in [6.45, 7) is 0. The standard InChI is InChI=1S/C26H25ClN6O2/c27-18-10-8-14(9-11-18)19-3-1-2-17-12-20(31-21(17)19)22-23-24(28)29-13-30-33(23)25(32-22)15-4-6-16(7-5-15)26(34)35/h1-3,8-13,15-16,25,31-32H,4-7H2,(H,34,35)(H2,28,29,30). The van der Waals surface area contributed by atoms with Crippen molar-refractivity contribution in [1.82, 2.24) is 15.3 Å². The van der Waals surface area contributed by atoms with Crippen LogP contribution in [0.5, 0.6) is 0 Å². The molecule has 8 nitrogen and oxygen atoms in total. The average Bonchev–Trinajstić information content (AvgIpc) is 3.47. The number of hydrogen-bond donors (Lipinski definition) is 4. The molecule has 1 unspecified atom stereocenters. The number of benzene rings is 2. The van der Waals surface area contributed by atoms with Crippen molar-refractivity contribution in [2.24, 2.45) is 27.7 Å². The topological polar surface area (TPSA) is 119 Å². The van der Waals surface area contributed by atoms with Crippen molar-refractivity contribution in [2.75, 3.05) is 0 Å². The van der Waals surface area contributed by atoms with Gasteiger partial charge in [0.2, 0.25) is 0 Å². The number of aromatic amines is 1. The Labute approximate surface area is 207 Å². The maximum absolute atomic E-state index is 11.4. The number of hydrazone groups is 1. The minimum atomic E-state index is -0.704. The van der Waals surface area contributed by atoms with Gasteiger partial charge in [0.25, 0.3) is 0 Å². The number of aromatic nitrogens is 1. The fourth-order valence-electron chi connectivity index (χ4n) is 5.48. The molecule has 2 aromatic carbocycles. The molecule has 1 saturated carbocycles. The van der Waals surface area contributed by atoms with Crippen LogP contribution < -0.4 is 11.1 Å². The highest BCUT2D eigenvalue weighted by atomic mass is 35.5. The molecule has 178 valence electrons. The molecular weight excluding hydrogens is 464 g/mol. The molecule has 3 heterocycles. The summed E-state index contributed by atoms with van der Waals surface area (Å²) in [6, 6.07) is 16.1. The van der Waals surface area contributed by atoms with Crippen molar-refractivity contribution in [3.8, 4) is 11.1 Å². The molecule has 1 aromatic heterocycles. The molecule has 1 aliphatic carbocycles. The highest BCUT2D eigenvalue weighted by molar-refractivity contribution is 6.30. The van der Waals surface area contributed by atoms with E-state index in [1.807, 2.05) is 35.3 Å². The second-order valence-electron chi connectivity index (χ2n) is 9.31. The van der Waals surface area contributed by atoms with Crippen molar-refractivity contribution < 1.29 is 9.90 Å². The highest BCUT2D eigenvalue weighted by Crippen LogP contribution is 2.40. The summed E-state index contributed by atoms with van der Waals surface area (Å²) < 4.78 is 0. The van der Waals surface area contributed by atoms with Gasteiger partial charge in [0.1, 0.15) is 18.2 Å². The maximum Gasteiger partial charge on any atom is 0.306 e. The van der Waals surface area contributed by atoms with Crippen LogP contribution in [0.4, 0.5) is 0 Å². The van der Waals surface area contributed by atoms with Crippen LogP contribution in [-0.2, 0) is 4.79 Å². The molecule has 1 fully saturated rings. The predicted molar refractivity (Wildman–Crippen MR) is 138 cm³/mol. The van der Waals surface area contributed by atoms with Crippen molar-refractivity contribution >= 4 is 46.3 Å². The number of nitrogens with two attached hydrogens (primary N) is 1. The number of nitrogens with one attached hydrogen (secondary N) is 2. The summed E-state index contributed by atoms with van der Waals surface area (Å²) in [6.07, 6.45) is 4.32. The number of carboxylic acids is 1. The van der Waals surface area contributed by atoms with Gasteiger partial charge < -0.3 is 21.1 Å². The number of aliphatic imine (C=N–C) groups is 1. The number of fused-ring (bicyclic) bond motifs is 2. The number of amidine groups is 1. The molecule has 0 saturated heterocycles. The third-order valence-electron chi connectivity index (χ3n) is 7.29. The average molecular weight is 489 g/mol. The fraction of sp³-hybridized carbons (Fsp3) is 0.269. The Hall–Kier alpha value is -3.78. The number of nitrogens with zero attached hydrogens (tertiary/aromatic N) is 3. The lowest BCUT2D eigenvalue weighted by atomic mass is 9.80. The lowest BCUT2D eigenvalue weighted by Crippen LogP contribution is -2.44. The maximum atomic E-state index is 11.4. The van der Waals surface area contributed by atoms with Crippen molar-refractivity contribution in [1.29, 1.82) is 0 Å². The minimum Gasteiger partial charge on any atom is -0.481 e. The van der Waals surface area contributed by atoms with Gasteiger partial charge in [-0.05, 0) is 55.4 Å². The summed E-state index contributed by atoms with van der Waals surface area (Å²) in [5.74, 6) is -0.323. The molecule has 35 heavy (non-hydrogen) atoms. The highest BCUT2D eigenvalue weighted by Gasteiger charge is 2.42. The van der Waals surface area contributed by atoms with Gasteiger partial charge in [-0.15, -0.1) is 0 Å². The molecule has 0 spiro atoms. The second kappa shape index (κ2) is 8.46. The third kappa shape index (κ3) is 3.74. The lowest BCUT2D eigenvalue weighted by molar-refractivity contribution is -0.143. The molecule has 6 rings (SSSR count). The van der Waals surface area contributed by atoms with E-state index in [4.69, 9.17) is 17.3 Å². The van der Waals surface area contributed by atoms with E-state index in [1.165, 1.54) is 6.34 Å². The zero-order valence-corrected chi connectivity index (χ0v) is 19.7. The lowest BCUT2D eigenvalue weighted by Gasteiger charge is -2.35. The van der Waals surface area contributed by atoms with Crippen molar-refractivity contribution in [3.63, 3.8) is 0 Å². The first kappa shape index (κ1) is 21.7. The van der Waals surface area contributed by atoms with Crippen LogP contribution in [0, 0.1) is 11.8 Å². The summed E-state index contributed by atoms with van der Waals surface area (Å²) >= 11 is 6.10. The molecule has 5 N–H and O–H groups in total. The van der Waals surface area contributed by atoms with Crippen LogP contribution in [0.25, 0.3) is 27.7 Å². The Kier molecular flexibility index (Phi) is 5.25. The number of halogens is 1. The van der Waals surface area contributed by atoms with Crippen LogP contribution in [0.3, 0.4) is 0 Å². The van der Waals surface area contributed by atoms with Gasteiger partial charge in [0.05, 0.1) is 22.8 Å². The summed E-state index contributed by atoms with van der Waals surface area (Å²) in [5.41, 5.74) is 12.0. The molecule has 0 amide bonds. The zero-order chi connectivity index (χ0) is 24.1.